The van der Waals surface area contributed by atoms with Crippen LogP contribution in [0, 0.1) is 12.7 Å². The van der Waals surface area contributed by atoms with Crippen molar-refractivity contribution in [3.05, 3.63) is 35.6 Å². The minimum absolute atomic E-state index is 0.249. The zero-order valence-electron chi connectivity index (χ0n) is 8.84. The first-order chi connectivity index (χ1) is 7.20. The van der Waals surface area contributed by atoms with E-state index in [4.69, 9.17) is 0 Å². The summed E-state index contributed by atoms with van der Waals surface area (Å²) >= 11 is 0. The lowest BCUT2D eigenvalue weighted by Gasteiger charge is -2.07. The fraction of sp³-hybridized carbons (Fsp3) is 0.250. The first kappa shape index (κ1) is 9.90. The van der Waals surface area contributed by atoms with Crippen LogP contribution in [0.5, 0.6) is 0 Å². The second-order valence-corrected chi connectivity index (χ2v) is 3.52. The van der Waals surface area contributed by atoms with Crippen LogP contribution in [-0.4, -0.2) is 11.5 Å². The van der Waals surface area contributed by atoms with Crippen LogP contribution in [0.2, 0.25) is 0 Å². The van der Waals surface area contributed by atoms with E-state index in [1.807, 2.05) is 19.9 Å². The molecule has 0 saturated carbocycles. The monoisotopic (exact) mass is 204 g/mol. The van der Waals surface area contributed by atoms with Crippen molar-refractivity contribution < 1.29 is 4.39 Å². The summed E-state index contributed by atoms with van der Waals surface area (Å²) in [7, 11) is 0. The van der Waals surface area contributed by atoms with Crippen LogP contribution in [0.15, 0.2) is 24.3 Å². The molecule has 0 unspecified atom stereocenters. The Balaban J connectivity index is 2.61. The predicted molar refractivity (Wildman–Crippen MR) is 60.6 cm³/mol. The number of rotatable bonds is 2. The number of aromatic nitrogens is 1. The quantitative estimate of drug-likeness (QED) is 0.813. The standard InChI is InChI=1S/C12H13FN2/c1-3-14-12-8(2)6-9-4-5-10(13)7-11(9)15-12/h4-7H,3H2,1-2H3,(H,14,15). The second kappa shape index (κ2) is 3.85. The zero-order valence-corrected chi connectivity index (χ0v) is 8.84. The molecule has 1 N–H and O–H groups in total. The zero-order chi connectivity index (χ0) is 10.8. The van der Waals surface area contributed by atoms with Gasteiger partial charge in [-0.2, -0.15) is 0 Å². The summed E-state index contributed by atoms with van der Waals surface area (Å²) < 4.78 is 13.0. The molecule has 0 aliphatic carbocycles. The number of hydrogen-bond donors (Lipinski definition) is 1. The molecular weight excluding hydrogens is 191 g/mol. The molecule has 2 rings (SSSR count). The summed E-state index contributed by atoms with van der Waals surface area (Å²) in [6.45, 7) is 4.82. The molecule has 2 aromatic rings. The van der Waals surface area contributed by atoms with Crippen molar-refractivity contribution in [1.29, 1.82) is 0 Å². The molecule has 0 saturated heterocycles. The van der Waals surface area contributed by atoms with E-state index in [-0.39, 0.29) is 5.82 Å². The van der Waals surface area contributed by atoms with E-state index in [1.54, 1.807) is 6.07 Å². The van der Waals surface area contributed by atoms with Gasteiger partial charge >= 0.3 is 0 Å². The van der Waals surface area contributed by atoms with Crippen molar-refractivity contribution in [3.8, 4) is 0 Å². The Hall–Kier alpha value is -1.64. The van der Waals surface area contributed by atoms with Gasteiger partial charge in [-0.25, -0.2) is 9.37 Å². The lowest BCUT2D eigenvalue weighted by atomic mass is 10.1. The summed E-state index contributed by atoms with van der Waals surface area (Å²) in [6.07, 6.45) is 0. The SMILES string of the molecule is CCNc1nc2cc(F)ccc2cc1C. The summed E-state index contributed by atoms with van der Waals surface area (Å²) in [5, 5.41) is 4.12. The number of benzene rings is 1. The number of nitrogens with zero attached hydrogens (tertiary/aromatic N) is 1. The number of nitrogens with one attached hydrogen (secondary N) is 1. The van der Waals surface area contributed by atoms with Gasteiger partial charge in [-0.3, -0.25) is 0 Å². The Morgan fingerprint density at radius 3 is 2.87 bits per heavy atom. The Morgan fingerprint density at radius 1 is 1.33 bits per heavy atom. The van der Waals surface area contributed by atoms with Crippen LogP contribution in [0.25, 0.3) is 10.9 Å². The van der Waals surface area contributed by atoms with Gasteiger partial charge in [0.25, 0.3) is 0 Å². The number of aryl methyl sites for hydroxylation is 1. The van der Waals surface area contributed by atoms with E-state index in [1.165, 1.54) is 12.1 Å². The maximum absolute atomic E-state index is 13.0. The van der Waals surface area contributed by atoms with Gasteiger partial charge in [-0.15, -0.1) is 0 Å². The predicted octanol–water partition coefficient (Wildman–Crippen LogP) is 3.11. The maximum Gasteiger partial charge on any atom is 0.129 e. The molecule has 15 heavy (non-hydrogen) atoms. The molecule has 0 aliphatic heterocycles. The number of halogens is 1. The Labute approximate surface area is 88.1 Å². The van der Waals surface area contributed by atoms with E-state index in [9.17, 15) is 4.39 Å². The average Bonchev–Trinajstić information content (AvgIpc) is 2.20. The van der Waals surface area contributed by atoms with Gasteiger partial charge in [0.05, 0.1) is 5.52 Å². The minimum Gasteiger partial charge on any atom is -0.370 e. The highest BCUT2D eigenvalue weighted by Gasteiger charge is 2.03. The molecule has 0 amide bonds. The van der Waals surface area contributed by atoms with Crippen molar-refractivity contribution in [2.45, 2.75) is 13.8 Å². The minimum atomic E-state index is -0.249. The lowest BCUT2D eigenvalue weighted by molar-refractivity contribution is 0.629. The lowest BCUT2D eigenvalue weighted by Crippen LogP contribution is -2.01. The Morgan fingerprint density at radius 2 is 2.13 bits per heavy atom. The first-order valence-electron chi connectivity index (χ1n) is 5.01. The third kappa shape index (κ3) is 1.91. The maximum atomic E-state index is 13.0. The van der Waals surface area contributed by atoms with Crippen LogP contribution in [0.4, 0.5) is 10.2 Å². The molecule has 0 aliphatic rings. The largest absolute Gasteiger partial charge is 0.370 e. The molecule has 0 fully saturated rings. The van der Waals surface area contributed by atoms with Crippen molar-refractivity contribution in [2.24, 2.45) is 0 Å². The molecule has 2 nitrogen and oxygen atoms in total. The Kier molecular flexibility index (Phi) is 2.54. The molecule has 3 heteroatoms. The second-order valence-electron chi connectivity index (χ2n) is 3.52. The average molecular weight is 204 g/mol. The van der Waals surface area contributed by atoms with Crippen LogP contribution < -0.4 is 5.32 Å². The first-order valence-corrected chi connectivity index (χ1v) is 5.01. The fourth-order valence-electron chi connectivity index (χ4n) is 1.59. The molecule has 1 aromatic carbocycles. The summed E-state index contributed by atoms with van der Waals surface area (Å²) in [5.41, 5.74) is 1.77. The molecule has 1 heterocycles. The molecule has 0 spiro atoms. The van der Waals surface area contributed by atoms with Gasteiger partial charge in [-0.05, 0) is 37.6 Å². The molecule has 0 bridgehead atoms. The van der Waals surface area contributed by atoms with Crippen molar-refractivity contribution >= 4 is 16.7 Å². The number of hydrogen-bond acceptors (Lipinski definition) is 2. The molecule has 78 valence electrons. The van der Waals surface area contributed by atoms with Crippen molar-refractivity contribution in [1.82, 2.24) is 4.98 Å². The molecule has 0 radical (unpaired) electrons. The Bertz CT molecular complexity index is 494. The number of pyridine rings is 1. The van der Waals surface area contributed by atoms with Gasteiger partial charge in [0.2, 0.25) is 0 Å². The third-order valence-electron chi connectivity index (χ3n) is 2.31. The van der Waals surface area contributed by atoms with Crippen LogP contribution in [0.1, 0.15) is 12.5 Å². The fourth-order valence-corrected chi connectivity index (χ4v) is 1.59. The third-order valence-corrected chi connectivity index (χ3v) is 2.31. The normalized spacial score (nSPS) is 10.6. The van der Waals surface area contributed by atoms with Gasteiger partial charge in [0.1, 0.15) is 11.6 Å². The smallest absolute Gasteiger partial charge is 0.129 e. The highest BCUT2D eigenvalue weighted by Crippen LogP contribution is 2.20. The van der Waals surface area contributed by atoms with Gasteiger partial charge in [0.15, 0.2) is 0 Å². The molecule has 0 atom stereocenters. The van der Waals surface area contributed by atoms with E-state index in [0.29, 0.717) is 5.52 Å². The van der Waals surface area contributed by atoms with Gasteiger partial charge < -0.3 is 5.32 Å². The summed E-state index contributed by atoms with van der Waals surface area (Å²) in [6, 6.07) is 6.67. The summed E-state index contributed by atoms with van der Waals surface area (Å²) in [4.78, 5) is 4.37. The van der Waals surface area contributed by atoms with E-state index >= 15 is 0 Å². The van der Waals surface area contributed by atoms with E-state index < -0.39 is 0 Å². The highest BCUT2D eigenvalue weighted by atomic mass is 19.1. The van der Waals surface area contributed by atoms with Crippen molar-refractivity contribution in [2.75, 3.05) is 11.9 Å². The van der Waals surface area contributed by atoms with Gasteiger partial charge in [0, 0.05) is 18.0 Å². The van der Waals surface area contributed by atoms with Crippen LogP contribution in [-0.2, 0) is 0 Å². The number of anilines is 1. The number of fused-ring (bicyclic) bond motifs is 1. The van der Waals surface area contributed by atoms with Crippen LogP contribution in [0.3, 0.4) is 0 Å². The molecule has 1 aromatic heterocycles. The van der Waals surface area contributed by atoms with E-state index in [2.05, 4.69) is 10.3 Å². The van der Waals surface area contributed by atoms with Crippen LogP contribution >= 0.6 is 0 Å². The van der Waals surface area contributed by atoms with Gasteiger partial charge in [-0.1, -0.05) is 0 Å². The van der Waals surface area contributed by atoms with E-state index in [0.717, 1.165) is 23.3 Å². The van der Waals surface area contributed by atoms with Crippen molar-refractivity contribution in [3.63, 3.8) is 0 Å². The molecular formula is C12H13FN2. The summed E-state index contributed by atoms with van der Waals surface area (Å²) in [5.74, 6) is 0.580. The highest BCUT2D eigenvalue weighted by molar-refractivity contribution is 5.81. The topological polar surface area (TPSA) is 24.9 Å².